The second-order valence-corrected chi connectivity index (χ2v) is 3.66. The van der Waals surface area contributed by atoms with Gasteiger partial charge in [-0.15, -0.1) is 0 Å². The Bertz CT molecular complexity index is 526. The Morgan fingerprint density at radius 2 is 1.71 bits per heavy atom. The van der Waals surface area contributed by atoms with Crippen LogP contribution in [0.4, 0.5) is 0 Å². The highest BCUT2D eigenvalue weighted by molar-refractivity contribution is 5.85. The van der Waals surface area contributed by atoms with E-state index >= 15 is 0 Å². The highest BCUT2D eigenvalue weighted by atomic mass is 16.5. The molecule has 1 aromatic carbocycles. The first-order valence-corrected chi connectivity index (χ1v) is 5.17. The third kappa shape index (κ3) is 1.70. The van der Waals surface area contributed by atoms with Crippen LogP contribution in [0.5, 0.6) is 11.5 Å². The maximum atomic E-state index is 9.14. The number of hydrogen-bond donors (Lipinski definition) is 0. The molecule has 0 unspecified atom stereocenters. The molecule has 2 rings (SSSR count). The fraction of sp³-hybridized carbons (Fsp3) is 0.308. The maximum absolute atomic E-state index is 9.14. The van der Waals surface area contributed by atoms with Crippen molar-refractivity contribution in [3.63, 3.8) is 0 Å². The molecule has 17 heavy (non-hydrogen) atoms. The smallest absolute Gasteiger partial charge is 0.161 e. The molecule has 1 aliphatic rings. The van der Waals surface area contributed by atoms with E-state index in [2.05, 4.69) is 6.07 Å². The highest BCUT2D eigenvalue weighted by Crippen LogP contribution is 2.39. The predicted octanol–water partition coefficient (Wildman–Crippen LogP) is 2.14. The van der Waals surface area contributed by atoms with Gasteiger partial charge in [-0.1, -0.05) is 0 Å². The van der Waals surface area contributed by atoms with E-state index in [-0.39, 0.29) is 0 Å². The van der Waals surface area contributed by atoms with E-state index in [1.165, 1.54) is 0 Å². The summed E-state index contributed by atoms with van der Waals surface area (Å²) in [5, 5.41) is 9.14. The van der Waals surface area contributed by atoms with E-state index in [1.807, 2.05) is 12.1 Å². The van der Waals surface area contributed by atoms with Crippen LogP contribution in [-0.2, 0) is 11.2 Å². The molecule has 0 bridgehead atoms. The van der Waals surface area contributed by atoms with Gasteiger partial charge < -0.3 is 14.2 Å². The van der Waals surface area contributed by atoms with Crippen LogP contribution in [0.3, 0.4) is 0 Å². The number of methoxy groups -OCH3 is 3. The summed E-state index contributed by atoms with van der Waals surface area (Å²) in [5.41, 5.74) is 2.46. The molecule has 0 saturated heterocycles. The lowest BCUT2D eigenvalue weighted by Gasteiger charge is -2.09. The van der Waals surface area contributed by atoms with Crippen LogP contribution < -0.4 is 9.47 Å². The van der Waals surface area contributed by atoms with Crippen LogP contribution >= 0.6 is 0 Å². The van der Waals surface area contributed by atoms with Gasteiger partial charge in [0.15, 0.2) is 11.5 Å². The number of benzene rings is 1. The quantitative estimate of drug-likeness (QED) is 0.799. The van der Waals surface area contributed by atoms with Crippen molar-refractivity contribution in [3.05, 3.63) is 29.0 Å². The average Bonchev–Trinajstić information content (AvgIpc) is 2.73. The molecule has 0 aliphatic heterocycles. The van der Waals surface area contributed by atoms with Gasteiger partial charge >= 0.3 is 0 Å². The lowest BCUT2D eigenvalue weighted by molar-refractivity contribution is 0.288. The SMILES string of the molecule is COC1=C(C#N)c2cc(OC)c(OC)cc2C1. The van der Waals surface area contributed by atoms with Crippen molar-refractivity contribution in [2.45, 2.75) is 6.42 Å². The third-order valence-electron chi connectivity index (χ3n) is 2.87. The van der Waals surface area contributed by atoms with Crippen LogP contribution in [-0.4, -0.2) is 21.3 Å². The van der Waals surface area contributed by atoms with E-state index in [9.17, 15) is 0 Å². The number of hydrogen-bond acceptors (Lipinski definition) is 4. The van der Waals surface area contributed by atoms with Gasteiger partial charge in [-0.25, -0.2) is 0 Å². The van der Waals surface area contributed by atoms with Gasteiger partial charge in [-0.05, 0) is 17.7 Å². The molecule has 0 heterocycles. The number of fused-ring (bicyclic) bond motifs is 1. The molecule has 1 aliphatic carbocycles. The zero-order valence-corrected chi connectivity index (χ0v) is 10.0. The van der Waals surface area contributed by atoms with Gasteiger partial charge in [-0.2, -0.15) is 5.26 Å². The van der Waals surface area contributed by atoms with E-state index in [0.717, 1.165) is 11.1 Å². The molecule has 0 spiro atoms. The lowest BCUT2D eigenvalue weighted by Crippen LogP contribution is -1.94. The van der Waals surface area contributed by atoms with E-state index < -0.39 is 0 Å². The first kappa shape index (κ1) is 11.3. The Balaban J connectivity index is 2.57. The second-order valence-electron chi connectivity index (χ2n) is 3.66. The maximum Gasteiger partial charge on any atom is 0.161 e. The van der Waals surface area contributed by atoms with Crippen molar-refractivity contribution in [2.24, 2.45) is 0 Å². The number of allylic oxidation sites excluding steroid dienone is 2. The minimum Gasteiger partial charge on any atom is -0.499 e. The molecule has 4 nitrogen and oxygen atoms in total. The van der Waals surface area contributed by atoms with Crippen molar-refractivity contribution < 1.29 is 14.2 Å². The van der Waals surface area contributed by atoms with Crippen LogP contribution in [0.2, 0.25) is 0 Å². The van der Waals surface area contributed by atoms with Crippen LogP contribution in [0.15, 0.2) is 17.9 Å². The van der Waals surface area contributed by atoms with Gasteiger partial charge in [0.05, 0.1) is 26.9 Å². The van der Waals surface area contributed by atoms with E-state index in [4.69, 9.17) is 19.5 Å². The number of nitriles is 1. The molecule has 0 amide bonds. The molecule has 0 saturated carbocycles. The fourth-order valence-electron chi connectivity index (χ4n) is 2.01. The molecule has 0 aromatic heterocycles. The Labute approximate surface area is 100 Å². The summed E-state index contributed by atoms with van der Waals surface area (Å²) in [4.78, 5) is 0. The Morgan fingerprint density at radius 3 is 2.24 bits per heavy atom. The van der Waals surface area contributed by atoms with Crippen molar-refractivity contribution in [1.29, 1.82) is 5.26 Å². The number of ether oxygens (including phenoxy) is 3. The summed E-state index contributed by atoms with van der Waals surface area (Å²) in [6.45, 7) is 0. The van der Waals surface area contributed by atoms with Gasteiger partial charge in [0.2, 0.25) is 0 Å². The predicted molar refractivity (Wildman–Crippen MR) is 62.8 cm³/mol. The Hall–Kier alpha value is -2.15. The van der Waals surface area contributed by atoms with Crippen molar-refractivity contribution in [2.75, 3.05) is 21.3 Å². The van der Waals surface area contributed by atoms with Crippen molar-refractivity contribution in [1.82, 2.24) is 0 Å². The molecule has 0 N–H and O–H groups in total. The van der Waals surface area contributed by atoms with Crippen LogP contribution in [0, 0.1) is 11.3 Å². The van der Waals surface area contributed by atoms with E-state index in [1.54, 1.807) is 21.3 Å². The van der Waals surface area contributed by atoms with Crippen molar-refractivity contribution in [3.8, 4) is 17.6 Å². The highest BCUT2D eigenvalue weighted by Gasteiger charge is 2.24. The third-order valence-corrected chi connectivity index (χ3v) is 2.87. The molecule has 1 aromatic rings. The molecule has 4 heteroatoms. The summed E-state index contributed by atoms with van der Waals surface area (Å²) in [6.07, 6.45) is 0.620. The monoisotopic (exact) mass is 231 g/mol. The van der Waals surface area contributed by atoms with E-state index in [0.29, 0.717) is 29.3 Å². The fourth-order valence-corrected chi connectivity index (χ4v) is 2.01. The van der Waals surface area contributed by atoms with Gasteiger partial charge in [0, 0.05) is 12.0 Å². The topological polar surface area (TPSA) is 51.5 Å². The molecule has 88 valence electrons. The first-order chi connectivity index (χ1) is 8.24. The summed E-state index contributed by atoms with van der Waals surface area (Å²) < 4.78 is 15.7. The molecule has 0 fully saturated rings. The minimum atomic E-state index is 0.573. The minimum absolute atomic E-state index is 0.573. The first-order valence-electron chi connectivity index (χ1n) is 5.17. The summed E-state index contributed by atoms with van der Waals surface area (Å²) in [6, 6.07) is 5.87. The zero-order valence-electron chi connectivity index (χ0n) is 10.0. The summed E-state index contributed by atoms with van der Waals surface area (Å²) in [7, 11) is 4.74. The Kier molecular flexibility index (Phi) is 2.92. The number of nitrogens with zero attached hydrogens (tertiary/aromatic N) is 1. The molecular formula is C13H13NO3. The van der Waals surface area contributed by atoms with Crippen LogP contribution in [0.1, 0.15) is 11.1 Å². The van der Waals surface area contributed by atoms with Gasteiger partial charge in [0.25, 0.3) is 0 Å². The van der Waals surface area contributed by atoms with Gasteiger partial charge in [-0.3, -0.25) is 0 Å². The van der Waals surface area contributed by atoms with Crippen LogP contribution in [0.25, 0.3) is 5.57 Å². The summed E-state index contributed by atoms with van der Waals surface area (Å²) >= 11 is 0. The summed E-state index contributed by atoms with van der Waals surface area (Å²) in [5.74, 6) is 1.98. The Morgan fingerprint density at radius 1 is 1.06 bits per heavy atom. The standard InChI is InChI=1S/C13H13NO3/c1-15-11-4-8-5-12(16-2)13(17-3)6-9(8)10(11)7-14/h5-6H,4H2,1-3H3. The number of rotatable bonds is 3. The lowest BCUT2D eigenvalue weighted by atomic mass is 10.1. The van der Waals surface area contributed by atoms with Crippen molar-refractivity contribution >= 4 is 5.57 Å². The van der Waals surface area contributed by atoms with Gasteiger partial charge in [0.1, 0.15) is 11.8 Å². The zero-order chi connectivity index (χ0) is 12.4. The molecular weight excluding hydrogens is 218 g/mol. The normalized spacial score (nSPS) is 13.1. The average molecular weight is 231 g/mol. The second kappa shape index (κ2) is 4.38. The molecule has 0 radical (unpaired) electrons. The molecule has 0 atom stereocenters. The largest absolute Gasteiger partial charge is 0.499 e.